The lowest BCUT2D eigenvalue weighted by Crippen LogP contribution is -2.15. The number of benzene rings is 2. The van der Waals surface area contributed by atoms with Crippen LogP contribution in [0, 0.1) is 5.82 Å². The van der Waals surface area contributed by atoms with Gasteiger partial charge in [0.2, 0.25) is 0 Å². The van der Waals surface area contributed by atoms with Crippen molar-refractivity contribution in [3.63, 3.8) is 0 Å². The highest BCUT2D eigenvalue weighted by Gasteiger charge is 2.18. The van der Waals surface area contributed by atoms with Gasteiger partial charge in [-0.2, -0.15) is 0 Å². The molecule has 0 aliphatic rings. The van der Waals surface area contributed by atoms with Crippen LogP contribution < -0.4 is 0 Å². The smallest absolute Gasteiger partial charge is 0.379 e. The number of halogens is 1. The second-order valence-electron chi connectivity index (χ2n) is 6.36. The Labute approximate surface area is 167 Å². The molecule has 0 saturated carbocycles. The summed E-state index contributed by atoms with van der Waals surface area (Å²) >= 11 is 0. The van der Waals surface area contributed by atoms with Crippen LogP contribution in [0.15, 0.2) is 73.1 Å². The minimum absolute atomic E-state index is 0.0719. The normalized spacial score (nSPS) is 11.3. The molecule has 1 heterocycles. The van der Waals surface area contributed by atoms with Crippen molar-refractivity contribution in [2.45, 2.75) is 13.5 Å². The van der Waals surface area contributed by atoms with Crippen LogP contribution in [-0.4, -0.2) is 28.0 Å². The van der Waals surface area contributed by atoms with Gasteiger partial charge < -0.3 is 14.4 Å². The first-order valence-electron chi connectivity index (χ1n) is 9.09. The summed E-state index contributed by atoms with van der Waals surface area (Å²) in [7, 11) is 0. The van der Waals surface area contributed by atoms with Gasteiger partial charge in [-0.3, -0.25) is 4.79 Å². The Morgan fingerprint density at radius 1 is 1.07 bits per heavy atom. The van der Waals surface area contributed by atoms with Crippen LogP contribution >= 0.6 is 0 Å². The Kier molecular flexibility index (Phi) is 6.24. The average Bonchev–Trinajstić information content (AvgIpc) is 3.14. The number of ether oxygens (including phenoxy) is 1. The van der Waals surface area contributed by atoms with Crippen LogP contribution in [0.3, 0.4) is 0 Å². The second-order valence-corrected chi connectivity index (χ2v) is 6.36. The van der Waals surface area contributed by atoms with Crippen LogP contribution in [0.2, 0.25) is 0 Å². The molecule has 0 saturated heterocycles. The first-order valence-corrected chi connectivity index (χ1v) is 9.09. The number of ketones is 1. The monoisotopic (exact) mass is 393 g/mol. The predicted molar refractivity (Wildman–Crippen MR) is 108 cm³/mol. The van der Waals surface area contributed by atoms with Gasteiger partial charge in [0.25, 0.3) is 5.78 Å². The lowest BCUT2D eigenvalue weighted by Gasteiger charge is -2.03. The van der Waals surface area contributed by atoms with E-state index in [2.05, 4.69) is 4.74 Å². The third-order valence-electron chi connectivity index (χ3n) is 4.26. The predicted octanol–water partition coefficient (Wildman–Crippen LogP) is 4.37. The maximum Gasteiger partial charge on any atom is 0.379 e. The van der Waals surface area contributed by atoms with Crippen LogP contribution in [0.4, 0.5) is 4.39 Å². The van der Waals surface area contributed by atoms with E-state index in [1.54, 1.807) is 25.3 Å². The minimum Gasteiger partial charge on any atom is -0.507 e. The molecule has 0 amide bonds. The molecule has 29 heavy (non-hydrogen) atoms. The SMILES string of the molecule is CCOC(=O)C(=O)/C=C(\O)c1cn(Cc2ccc(F)cc2)cc1-c1ccccc1. The Morgan fingerprint density at radius 3 is 2.41 bits per heavy atom. The van der Waals surface area contributed by atoms with Crippen molar-refractivity contribution in [2.75, 3.05) is 6.61 Å². The molecule has 1 aromatic heterocycles. The van der Waals surface area contributed by atoms with Gasteiger partial charge in [-0.1, -0.05) is 42.5 Å². The molecule has 0 aliphatic carbocycles. The lowest BCUT2D eigenvalue weighted by atomic mass is 10.0. The Bertz CT molecular complexity index is 1040. The molecule has 0 bridgehead atoms. The molecule has 2 aromatic carbocycles. The van der Waals surface area contributed by atoms with Crippen molar-refractivity contribution in [1.82, 2.24) is 4.57 Å². The highest BCUT2D eigenvalue weighted by Crippen LogP contribution is 2.29. The largest absolute Gasteiger partial charge is 0.507 e. The van der Waals surface area contributed by atoms with Crippen molar-refractivity contribution >= 4 is 17.5 Å². The molecule has 0 fully saturated rings. The van der Waals surface area contributed by atoms with Crippen LogP contribution in [-0.2, 0) is 20.9 Å². The minimum atomic E-state index is -1.02. The Hall–Kier alpha value is -3.67. The van der Waals surface area contributed by atoms with E-state index < -0.39 is 11.8 Å². The van der Waals surface area contributed by atoms with Crippen molar-refractivity contribution < 1.29 is 23.8 Å². The zero-order valence-electron chi connectivity index (χ0n) is 15.8. The zero-order valence-corrected chi connectivity index (χ0v) is 15.8. The van der Waals surface area contributed by atoms with E-state index in [1.807, 2.05) is 41.1 Å². The molecule has 0 spiro atoms. The Balaban J connectivity index is 1.97. The van der Waals surface area contributed by atoms with E-state index in [9.17, 15) is 19.1 Å². The molecule has 3 aromatic rings. The number of esters is 1. The summed E-state index contributed by atoms with van der Waals surface area (Å²) in [4.78, 5) is 23.5. The van der Waals surface area contributed by atoms with Gasteiger partial charge in [-0.15, -0.1) is 0 Å². The highest BCUT2D eigenvalue weighted by molar-refractivity contribution is 6.39. The summed E-state index contributed by atoms with van der Waals surface area (Å²) in [5.74, 6) is -2.61. The second kappa shape index (κ2) is 9.01. The van der Waals surface area contributed by atoms with Crippen molar-refractivity contribution in [1.29, 1.82) is 0 Å². The number of aromatic nitrogens is 1. The molecule has 5 nitrogen and oxygen atoms in total. The number of rotatable bonds is 7. The summed E-state index contributed by atoms with van der Waals surface area (Å²) in [6.45, 7) is 2.11. The quantitative estimate of drug-likeness (QED) is 0.280. The van der Waals surface area contributed by atoms with Gasteiger partial charge in [0.15, 0.2) is 0 Å². The van der Waals surface area contributed by atoms with E-state index in [4.69, 9.17) is 0 Å². The molecular formula is C23H20FNO4. The van der Waals surface area contributed by atoms with Crippen LogP contribution in [0.1, 0.15) is 18.1 Å². The summed E-state index contributed by atoms with van der Waals surface area (Å²) in [5, 5.41) is 10.5. The van der Waals surface area contributed by atoms with Gasteiger partial charge >= 0.3 is 5.97 Å². The van der Waals surface area contributed by atoms with Crippen LogP contribution in [0.5, 0.6) is 0 Å². The van der Waals surface area contributed by atoms with Crippen LogP contribution in [0.25, 0.3) is 16.9 Å². The summed E-state index contributed by atoms with van der Waals surface area (Å²) in [5.41, 5.74) is 2.80. The standard InChI is InChI=1S/C23H20FNO4/c1-2-29-23(28)22(27)12-21(26)20-15-25(13-16-8-10-18(24)11-9-16)14-19(20)17-6-4-3-5-7-17/h3-12,14-15,26H,2,13H2,1H3/b21-12-. The molecule has 1 N–H and O–H groups in total. The van der Waals surface area contributed by atoms with E-state index in [-0.39, 0.29) is 18.2 Å². The van der Waals surface area contributed by atoms with E-state index in [1.165, 1.54) is 12.1 Å². The third-order valence-corrected chi connectivity index (χ3v) is 4.26. The Morgan fingerprint density at radius 2 is 1.76 bits per heavy atom. The number of aliphatic hydroxyl groups is 1. The number of aliphatic hydroxyl groups excluding tert-OH is 1. The maximum atomic E-state index is 13.1. The number of hydrogen-bond acceptors (Lipinski definition) is 4. The van der Waals surface area contributed by atoms with Gasteiger partial charge in [-0.25, -0.2) is 9.18 Å². The van der Waals surface area contributed by atoms with Gasteiger partial charge in [0.05, 0.1) is 6.61 Å². The molecule has 6 heteroatoms. The molecule has 0 aliphatic heterocycles. The highest BCUT2D eigenvalue weighted by atomic mass is 19.1. The summed E-state index contributed by atoms with van der Waals surface area (Å²) in [6.07, 6.45) is 4.37. The first-order chi connectivity index (χ1) is 14.0. The van der Waals surface area contributed by atoms with Crippen molar-refractivity contribution in [2.24, 2.45) is 0 Å². The number of nitrogens with zero attached hydrogens (tertiary/aromatic N) is 1. The fourth-order valence-electron chi connectivity index (χ4n) is 2.91. The number of carbonyl (C=O) groups is 2. The number of hydrogen-bond donors (Lipinski definition) is 1. The van der Waals surface area contributed by atoms with Gasteiger partial charge in [0.1, 0.15) is 11.6 Å². The zero-order chi connectivity index (χ0) is 20.8. The molecule has 3 rings (SSSR count). The topological polar surface area (TPSA) is 68.5 Å². The summed E-state index contributed by atoms with van der Waals surface area (Å²) < 4.78 is 19.6. The van der Waals surface area contributed by atoms with Crippen molar-refractivity contribution in [3.8, 4) is 11.1 Å². The van der Waals surface area contributed by atoms with E-state index in [0.717, 1.165) is 17.2 Å². The fraction of sp³-hybridized carbons (Fsp3) is 0.130. The number of carbonyl (C=O) groups excluding carboxylic acids is 2. The van der Waals surface area contributed by atoms with E-state index in [0.29, 0.717) is 17.7 Å². The summed E-state index contributed by atoms with van der Waals surface area (Å²) in [6, 6.07) is 15.5. The molecule has 0 radical (unpaired) electrons. The third kappa shape index (κ3) is 4.99. The molecular weight excluding hydrogens is 373 g/mol. The lowest BCUT2D eigenvalue weighted by molar-refractivity contribution is -0.151. The molecule has 0 unspecified atom stereocenters. The van der Waals surface area contributed by atoms with Gasteiger partial charge in [0, 0.05) is 36.1 Å². The first kappa shape index (κ1) is 20.1. The van der Waals surface area contributed by atoms with E-state index >= 15 is 0 Å². The van der Waals surface area contributed by atoms with Crippen molar-refractivity contribution in [3.05, 3.63) is 90.0 Å². The fourth-order valence-corrected chi connectivity index (χ4v) is 2.91. The molecule has 0 atom stereocenters. The van der Waals surface area contributed by atoms with Gasteiger partial charge in [-0.05, 0) is 30.2 Å². The average molecular weight is 393 g/mol. The molecule has 148 valence electrons. The maximum absolute atomic E-state index is 13.1.